The van der Waals surface area contributed by atoms with Crippen LogP contribution in [0.3, 0.4) is 0 Å². The summed E-state index contributed by atoms with van der Waals surface area (Å²) >= 11 is 5.74. The maximum Gasteiger partial charge on any atom is 0.294 e. The first-order valence-corrected chi connectivity index (χ1v) is 7.02. The van der Waals surface area contributed by atoms with Crippen molar-refractivity contribution in [2.75, 3.05) is 0 Å². The lowest BCUT2D eigenvalue weighted by Gasteiger charge is -1.97. The first-order chi connectivity index (χ1) is 8.95. The molecule has 0 aliphatic rings. The van der Waals surface area contributed by atoms with Gasteiger partial charge in [-0.3, -0.25) is 4.55 Å². The van der Waals surface area contributed by atoms with Crippen LogP contribution < -0.4 is 0 Å². The molecule has 2 aromatic carbocycles. The molecule has 19 heavy (non-hydrogen) atoms. The van der Waals surface area contributed by atoms with Crippen molar-refractivity contribution >= 4 is 33.1 Å². The summed E-state index contributed by atoms with van der Waals surface area (Å²) in [6, 6.07) is 12.2. The fourth-order valence-electron chi connectivity index (χ4n) is 1.31. The highest BCUT2D eigenvalue weighted by Gasteiger charge is 2.07. The van der Waals surface area contributed by atoms with Crippen molar-refractivity contribution in [1.82, 2.24) is 0 Å². The van der Waals surface area contributed by atoms with Gasteiger partial charge in [0.15, 0.2) is 0 Å². The Bertz CT molecular complexity index is 695. The minimum absolute atomic E-state index is 0.182. The molecule has 0 spiro atoms. The standard InChI is InChI=1S/C12H9ClN2O3S/c13-9-1-3-10(4-2-9)14-15-11-5-7-12(8-6-11)19(16,17)18/h1-8H,(H,16,17,18). The smallest absolute Gasteiger partial charge is 0.282 e. The number of hydrogen-bond acceptors (Lipinski definition) is 4. The molecule has 0 saturated carbocycles. The number of rotatable bonds is 3. The molecule has 98 valence electrons. The van der Waals surface area contributed by atoms with Gasteiger partial charge < -0.3 is 0 Å². The SMILES string of the molecule is O=S(=O)(O)c1ccc(N=Nc2ccc(Cl)cc2)cc1. The Labute approximate surface area is 115 Å². The van der Waals surface area contributed by atoms with Crippen LogP contribution in [-0.4, -0.2) is 13.0 Å². The summed E-state index contributed by atoms with van der Waals surface area (Å²) in [5.41, 5.74) is 1.10. The fourth-order valence-corrected chi connectivity index (χ4v) is 1.91. The van der Waals surface area contributed by atoms with Gasteiger partial charge in [-0.15, -0.1) is 0 Å². The second-order valence-corrected chi connectivity index (χ2v) is 5.50. The van der Waals surface area contributed by atoms with E-state index in [1.807, 2.05) is 0 Å². The summed E-state index contributed by atoms with van der Waals surface area (Å²) < 4.78 is 30.5. The molecular weight excluding hydrogens is 288 g/mol. The van der Waals surface area contributed by atoms with Crippen molar-refractivity contribution < 1.29 is 13.0 Å². The van der Waals surface area contributed by atoms with Gasteiger partial charge in [0.1, 0.15) is 0 Å². The van der Waals surface area contributed by atoms with Crippen molar-refractivity contribution in [3.8, 4) is 0 Å². The minimum atomic E-state index is -4.18. The fraction of sp³-hybridized carbons (Fsp3) is 0. The lowest BCUT2D eigenvalue weighted by Crippen LogP contribution is -1.96. The highest BCUT2D eigenvalue weighted by atomic mass is 35.5. The van der Waals surface area contributed by atoms with Gasteiger partial charge in [-0.2, -0.15) is 18.6 Å². The summed E-state index contributed by atoms with van der Waals surface area (Å²) in [5.74, 6) is 0. The Morgan fingerprint density at radius 1 is 0.842 bits per heavy atom. The van der Waals surface area contributed by atoms with E-state index in [0.717, 1.165) is 0 Å². The molecule has 0 heterocycles. The number of nitrogens with zero attached hydrogens (tertiary/aromatic N) is 2. The first kappa shape index (κ1) is 13.7. The zero-order chi connectivity index (χ0) is 13.9. The van der Waals surface area contributed by atoms with E-state index in [1.165, 1.54) is 24.3 Å². The average molecular weight is 297 g/mol. The number of hydrogen-bond donors (Lipinski definition) is 1. The van der Waals surface area contributed by atoms with Gasteiger partial charge in [0.25, 0.3) is 10.1 Å². The third kappa shape index (κ3) is 3.85. The minimum Gasteiger partial charge on any atom is -0.282 e. The van der Waals surface area contributed by atoms with Crippen molar-refractivity contribution in [2.45, 2.75) is 4.90 Å². The van der Waals surface area contributed by atoms with Crippen molar-refractivity contribution in [3.63, 3.8) is 0 Å². The molecule has 2 aromatic rings. The molecule has 0 aromatic heterocycles. The summed E-state index contributed by atoms with van der Waals surface area (Å²) in [5, 5.41) is 8.51. The topological polar surface area (TPSA) is 79.1 Å². The van der Waals surface area contributed by atoms with Crippen molar-refractivity contribution in [1.29, 1.82) is 0 Å². The molecular formula is C12H9ClN2O3S. The van der Waals surface area contributed by atoms with Gasteiger partial charge in [0.2, 0.25) is 0 Å². The molecule has 7 heteroatoms. The van der Waals surface area contributed by atoms with Gasteiger partial charge in [-0.05, 0) is 48.5 Å². The van der Waals surface area contributed by atoms with Crippen molar-refractivity contribution in [2.24, 2.45) is 10.2 Å². The van der Waals surface area contributed by atoms with E-state index in [-0.39, 0.29) is 4.90 Å². The second kappa shape index (κ2) is 5.48. The predicted octanol–water partition coefficient (Wildman–Crippen LogP) is 4.00. The lowest BCUT2D eigenvalue weighted by molar-refractivity contribution is 0.483. The maximum absolute atomic E-state index is 10.8. The second-order valence-electron chi connectivity index (χ2n) is 3.65. The third-order valence-corrected chi connectivity index (χ3v) is 3.36. The van der Waals surface area contributed by atoms with E-state index in [2.05, 4.69) is 10.2 Å². The van der Waals surface area contributed by atoms with Crippen molar-refractivity contribution in [3.05, 3.63) is 53.6 Å². The quantitative estimate of drug-likeness (QED) is 0.686. The van der Waals surface area contributed by atoms with Gasteiger partial charge >= 0.3 is 0 Å². The van der Waals surface area contributed by atoms with Crippen LogP contribution in [0.15, 0.2) is 63.7 Å². The molecule has 0 radical (unpaired) electrons. The van der Waals surface area contributed by atoms with Gasteiger partial charge in [0, 0.05) is 5.02 Å². The van der Waals surface area contributed by atoms with Gasteiger partial charge in [-0.25, -0.2) is 0 Å². The third-order valence-electron chi connectivity index (χ3n) is 2.24. The van der Waals surface area contributed by atoms with E-state index in [1.54, 1.807) is 24.3 Å². The molecule has 0 amide bonds. The highest BCUT2D eigenvalue weighted by Crippen LogP contribution is 2.21. The Morgan fingerprint density at radius 3 is 1.68 bits per heavy atom. The lowest BCUT2D eigenvalue weighted by atomic mass is 10.3. The van der Waals surface area contributed by atoms with E-state index in [4.69, 9.17) is 16.2 Å². The zero-order valence-electron chi connectivity index (χ0n) is 9.56. The zero-order valence-corrected chi connectivity index (χ0v) is 11.1. The predicted molar refractivity (Wildman–Crippen MR) is 71.9 cm³/mol. The molecule has 0 aliphatic carbocycles. The van der Waals surface area contributed by atoms with Crippen LogP contribution in [0.2, 0.25) is 5.02 Å². The Balaban J connectivity index is 2.18. The van der Waals surface area contributed by atoms with Crippen LogP contribution in [0, 0.1) is 0 Å². The Hall–Kier alpha value is -1.76. The number of halogens is 1. The van der Waals surface area contributed by atoms with Crippen LogP contribution in [0.25, 0.3) is 0 Å². The van der Waals surface area contributed by atoms with Crippen LogP contribution in [0.4, 0.5) is 11.4 Å². The van der Waals surface area contributed by atoms with E-state index >= 15 is 0 Å². The van der Waals surface area contributed by atoms with Gasteiger partial charge in [0.05, 0.1) is 16.3 Å². The Kier molecular flexibility index (Phi) is 3.94. The number of benzene rings is 2. The monoisotopic (exact) mass is 296 g/mol. The molecule has 0 atom stereocenters. The maximum atomic E-state index is 10.8. The molecule has 0 unspecified atom stereocenters. The van der Waals surface area contributed by atoms with Gasteiger partial charge in [-0.1, -0.05) is 11.6 Å². The summed E-state index contributed by atoms with van der Waals surface area (Å²) in [7, 11) is -4.18. The highest BCUT2D eigenvalue weighted by molar-refractivity contribution is 7.85. The van der Waals surface area contributed by atoms with E-state index < -0.39 is 10.1 Å². The van der Waals surface area contributed by atoms with Crippen LogP contribution in [0.1, 0.15) is 0 Å². The largest absolute Gasteiger partial charge is 0.294 e. The first-order valence-electron chi connectivity index (χ1n) is 5.20. The average Bonchev–Trinajstić information content (AvgIpc) is 2.37. The molecule has 0 saturated heterocycles. The Morgan fingerprint density at radius 2 is 1.26 bits per heavy atom. The molecule has 1 N–H and O–H groups in total. The molecule has 0 bridgehead atoms. The molecule has 0 fully saturated rings. The van der Waals surface area contributed by atoms with Crippen LogP contribution in [0.5, 0.6) is 0 Å². The molecule has 2 rings (SSSR count). The molecule has 5 nitrogen and oxygen atoms in total. The summed E-state index contributed by atoms with van der Waals surface area (Å²) in [4.78, 5) is -0.182. The van der Waals surface area contributed by atoms with Crippen LogP contribution in [-0.2, 0) is 10.1 Å². The summed E-state index contributed by atoms with van der Waals surface area (Å²) in [6.45, 7) is 0. The molecule has 0 aliphatic heterocycles. The van der Waals surface area contributed by atoms with E-state index in [9.17, 15) is 8.42 Å². The van der Waals surface area contributed by atoms with E-state index in [0.29, 0.717) is 16.4 Å². The number of azo groups is 1. The normalized spacial score (nSPS) is 11.9. The van der Waals surface area contributed by atoms with Crippen LogP contribution >= 0.6 is 11.6 Å². The summed E-state index contributed by atoms with van der Waals surface area (Å²) in [6.07, 6.45) is 0.